The quantitative estimate of drug-likeness (QED) is 0.805. The SMILES string of the molecule is O=Cc1cn(Cc2ccc(Br)cc2)nc1C1CCCO1. The molecule has 0 saturated carbocycles. The largest absolute Gasteiger partial charge is 0.372 e. The van der Waals surface area contributed by atoms with Gasteiger partial charge >= 0.3 is 0 Å². The van der Waals surface area contributed by atoms with Gasteiger partial charge in [-0.05, 0) is 30.5 Å². The molecular formula is C15H15BrN2O2. The minimum atomic E-state index is -0.0265. The molecule has 0 bridgehead atoms. The molecule has 0 aliphatic carbocycles. The van der Waals surface area contributed by atoms with E-state index in [1.807, 2.05) is 28.9 Å². The lowest BCUT2D eigenvalue weighted by atomic mass is 10.1. The van der Waals surface area contributed by atoms with E-state index in [0.717, 1.165) is 41.5 Å². The van der Waals surface area contributed by atoms with E-state index in [0.29, 0.717) is 12.1 Å². The Morgan fingerprint density at radius 3 is 2.85 bits per heavy atom. The van der Waals surface area contributed by atoms with Crippen molar-refractivity contribution in [3.8, 4) is 0 Å². The summed E-state index contributed by atoms with van der Waals surface area (Å²) < 4.78 is 8.48. The topological polar surface area (TPSA) is 44.1 Å². The molecule has 1 unspecified atom stereocenters. The molecule has 1 fully saturated rings. The Morgan fingerprint density at radius 1 is 1.40 bits per heavy atom. The van der Waals surface area contributed by atoms with Crippen LogP contribution >= 0.6 is 15.9 Å². The molecule has 5 heteroatoms. The average Bonchev–Trinajstić information content (AvgIpc) is 3.10. The zero-order valence-electron chi connectivity index (χ0n) is 11.0. The lowest BCUT2D eigenvalue weighted by Gasteiger charge is -2.06. The third-order valence-corrected chi connectivity index (χ3v) is 3.97. The van der Waals surface area contributed by atoms with Gasteiger partial charge in [0, 0.05) is 17.3 Å². The molecule has 0 amide bonds. The molecule has 4 nitrogen and oxygen atoms in total. The van der Waals surface area contributed by atoms with Gasteiger partial charge in [0.2, 0.25) is 0 Å². The number of rotatable bonds is 4. The van der Waals surface area contributed by atoms with E-state index in [-0.39, 0.29) is 6.10 Å². The summed E-state index contributed by atoms with van der Waals surface area (Å²) in [5.74, 6) is 0. The predicted molar refractivity (Wildman–Crippen MR) is 78.8 cm³/mol. The van der Waals surface area contributed by atoms with Crippen molar-refractivity contribution in [3.63, 3.8) is 0 Å². The van der Waals surface area contributed by atoms with Crippen LogP contribution in [0.2, 0.25) is 0 Å². The highest BCUT2D eigenvalue weighted by molar-refractivity contribution is 9.10. The summed E-state index contributed by atoms with van der Waals surface area (Å²) in [7, 11) is 0. The molecule has 3 rings (SSSR count). The first kappa shape index (κ1) is 13.5. The van der Waals surface area contributed by atoms with Crippen LogP contribution < -0.4 is 0 Å². The summed E-state index contributed by atoms with van der Waals surface area (Å²) in [5.41, 5.74) is 2.55. The number of aldehydes is 1. The molecule has 1 saturated heterocycles. The molecule has 1 aromatic heterocycles. The minimum Gasteiger partial charge on any atom is -0.372 e. The Balaban J connectivity index is 1.83. The van der Waals surface area contributed by atoms with Crippen molar-refractivity contribution >= 4 is 22.2 Å². The fraction of sp³-hybridized carbons (Fsp3) is 0.333. The van der Waals surface area contributed by atoms with Crippen LogP contribution in [-0.2, 0) is 11.3 Å². The molecule has 104 valence electrons. The van der Waals surface area contributed by atoms with Gasteiger partial charge in [0.1, 0.15) is 11.8 Å². The van der Waals surface area contributed by atoms with Crippen LogP contribution in [0.4, 0.5) is 0 Å². The molecule has 20 heavy (non-hydrogen) atoms. The van der Waals surface area contributed by atoms with Gasteiger partial charge < -0.3 is 4.74 Å². The van der Waals surface area contributed by atoms with Gasteiger partial charge in [-0.15, -0.1) is 0 Å². The molecule has 2 aromatic rings. The fourth-order valence-corrected chi connectivity index (χ4v) is 2.71. The van der Waals surface area contributed by atoms with E-state index in [4.69, 9.17) is 4.74 Å². The molecule has 1 aromatic carbocycles. The van der Waals surface area contributed by atoms with Gasteiger partial charge in [0.25, 0.3) is 0 Å². The monoisotopic (exact) mass is 334 g/mol. The number of hydrogen-bond donors (Lipinski definition) is 0. The highest BCUT2D eigenvalue weighted by Gasteiger charge is 2.23. The number of ether oxygens (including phenoxy) is 1. The van der Waals surface area contributed by atoms with E-state index >= 15 is 0 Å². The van der Waals surface area contributed by atoms with Crippen molar-refractivity contribution in [3.05, 3.63) is 51.8 Å². The van der Waals surface area contributed by atoms with Gasteiger partial charge in [-0.1, -0.05) is 28.1 Å². The number of benzene rings is 1. The van der Waals surface area contributed by atoms with E-state index in [1.165, 1.54) is 0 Å². The highest BCUT2D eigenvalue weighted by Crippen LogP contribution is 2.29. The molecule has 0 N–H and O–H groups in total. The number of halogens is 1. The minimum absolute atomic E-state index is 0.0265. The number of aromatic nitrogens is 2. The lowest BCUT2D eigenvalue weighted by Crippen LogP contribution is -2.03. The molecule has 1 atom stereocenters. The van der Waals surface area contributed by atoms with Crippen molar-refractivity contribution in [2.45, 2.75) is 25.5 Å². The summed E-state index contributed by atoms with van der Waals surface area (Å²) >= 11 is 3.42. The molecular weight excluding hydrogens is 320 g/mol. The molecule has 1 aliphatic heterocycles. The Kier molecular flexibility index (Phi) is 3.98. The zero-order chi connectivity index (χ0) is 13.9. The maximum atomic E-state index is 11.2. The second-order valence-corrected chi connectivity index (χ2v) is 5.83. The van der Waals surface area contributed by atoms with Crippen molar-refractivity contribution in [1.29, 1.82) is 0 Å². The van der Waals surface area contributed by atoms with Crippen LogP contribution in [0, 0.1) is 0 Å². The number of nitrogens with zero attached hydrogens (tertiary/aromatic N) is 2. The standard InChI is InChI=1S/C15H15BrN2O2/c16-13-5-3-11(4-6-13)8-18-9-12(10-19)15(17-18)14-2-1-7-20-14/h3-6,9-10,14H,1-2,7-8H2. The first-order valence-electron chi connectivity index (χ1n) is 6.65. The Bertz CT molecular complexity index is 601. The average molecular weight is 335 g/mol. The van der Waals surface area contributed by atoms with Gasteiger partial charge in [0.05, 0.1) is 12.1 Å². The smallest absolute Gasteiger partial charge is 0.153 e. The van der Waals surface area contributed by atoms with Crippen molar-refractivity contribution < 1.29 is 9.53 Å². The Labute approximate surface area is 125 Å². The summed E-state index contributed by atoms with van der Waals surface area (Å²) in [6, 6.07) is 8.08. The van der Waals surface area contributed by atoms with Crippen molar-refractivity contribution in [2.75, 3.05) is 6.61 Å². The number of carbonyl (C=O) groups excluding carboxylic acids is 1. The van der Waals surface area contributed by atoms with Crippen molar-refractivity contribution in [1.82, 2.24) is 9.78 Å². The lowest BCUT2D eigenvalue weighted by molar-refractivity contribution is 0.103. The molecule has 1 aliphatic rings. The molecule has 0 spiro atoms. The van der Waals surface area contributed by atoms with Crippen LogP contribution in [-0.4, -0.2) is 22.7 Å². The van der Waals surface area contributed by atoms with Crippen LogP contribution in [0.3, 0.4) is 0 Å². The summed E-state index contributed by atoms with van der Waals surface area (Å²) in [4.78, 5) is 11.2. The summed E-state index contributed by atoms with van der Waals surface area (Å²) in [6.45, 7) is 1.41. The van der Waals surface area contributed by atoms with Gasteiger partial charge in [0.15, 0.2) is 6.29 Å². The first-order chi connectivity index (χ1) is 9.76. The van der Waals surface area contributed by atoms with Crippen LogP contribution in [0.25, 0.3) is 0 Å². The predicted octanol–water partition coefficient (Wildman–Crippen LogP) is 3.36. The summed E-state index contributed by atoms with van der Waals surface area (Å²) in [5, 5.41) is 4.53. The van der Waals surface area contributed by atoms with Crippen LogP contribution in [0.15, 0.2) is 34.9 Å². The van der Waals surface area contributed by atoms with E-state index in [1.54, 1.807) is 6.20 Å². The fourth-order valence-electron chi connectivity index (χ4n) is 2.44. The molecule has 2 heterocycles. The highest BCUT2D eigenvalue weighted by atomic mass is 79.9. The van der Waals surface area contributed by atoms with Crippen LogP contribution in [0.5, 0.6) is 0 Å². The number of carbonyl (C=O) groups is 1. The Morgan fingerprint density at radius 2 is 2.20 bits per heavy atom. The zero-order valence-corrected chi connectivity index (χ0v) is 12.5. The first-order valence-corrected chi connectivity index (χ1v) is 7.44. The third kappa shape index (κ3) is 2.83. The maximum Gasteiger partial charge on any atom is 0.153 e. The van der Waals surface area contributed by atoms with E-state index in [9.17, 15) is 4.79 Å². The van der Waals surface area contributed by atoms with Crippen LogP contribution in [0.1, 0.15) is 40.6 Å². The Hall–Kier alpha value is -1.46. The maximum absolute atomic E-state index is 11.2. The van der Waals surface area contributed by atoms with Gasteiger partial charge in [-0.25, -0.2) is 0 Å². The van der Waals surface area contributed by atoms with Crippen molar-refractivity contribution in [2.24, 2.45) is 0 Å². The number of hydrogen-bond acceptors (Lipinski definition) is 3. The normalized spacial score (nSPS) is 18.4. The second kappa shape index (κ2) is 5.89. The summed E-state index contributed by atoms with van der Waals surface area (Å²) in [6.07, 6.45) is 4.61. The third-order valence-electron chi connectivity index (χ3n) is 3.44. The van der Waals surface area contributed by atoms with E-state index < -0.39 is 0 Å². The van der Waals surface area contributed by atoms with Gasteiger partial charge in [-0.3, -0.25) is 9.48 Å². The van der Waals surface area contributed by atoms with E-state index in [2.05, 4.69) is 21.0 Å². The second-order valence-electron chi connectivity index (χ2n) is 4.91. The molecule has 0 radical (unpaired) electrons. The van der Waals surface area contributed by atoms with Gasteiger partial charge in [-0.2, -0.15) is 5.10 Å².